The number of hydrogen-bond acceptors (Lipinski definition) is 3. The highest BCUT2D eigenvalue weighted by molar-refractivity contribution is 6.09. The molecule has 0 radical (unpaired) electrons. The summed E-state index contributed by atoms with van der Waals surface area (Å²) in [5.74, 6) is -0.0730. The lowest BCUT2D eigenvalue weighted by Crippen LogP contribution is -2.36. The molecule has 0 bridgehead atoms. The molecule has 1 atom stereocenters. The number of benzene rings is 2. The molecule has 1 aromatic heterocycles. The van der Waals surface area contributed by atoms with Crippen molar-refractivity contribution in [1.82, 2.24) is 15.6 Å². The van der Waals surface area contributed by atoms with E-state index >= 15 is 0 Å². The monoisotopic (exact) mass is 399 g/mol. The molecular weight excluding hydrogens is 374 g/mol. The molecule has 152 valence electrons. The standard InChI is InChI=1S/C25H25N3O2/c1-16-12-18(14-17-8-4-3-5-9-17)24-20(13-16)23(25(30)27-15-22(29)26-2)19-10-6-7-11-21(19)28-24/h3-11,14,16H,12-13,15H2,1-2H3,(H,26,29)(H,27,30)/b18-14-. The first-order valence-corrected chi connectivity index (χ1v) is 10.2. The van der Waals surface area contributed by atoms with Crippen molar-refractivity contribution in [3.8, 4) is 0 Å². The minimum absolute atomic E-state index is 0.0526. The Balaban J connectivity index is 1.87. The number of aromatic nitrogens is 1. The number of nitrogens with one attached hydrogen (secondary N) is 2. The second-order valence-electron chi connectivity index (χ2n) is 7.78. The minimum atomic E-state index is -0.235. The van der Waals surface area contributed by atoms with Crippen LogP contribution < -0.4 is 10.6 Å². The SMILES string of the molecule is CNC(=O)CNC(=O)c1c2c(nc3ccccc13)/C(=C\c1ccccc1)CC(C)C2. The number of hydrogen-bond donors (Lipinski definition) is 2. The average Bonchev–Trinajstić information content (AvgIpc) is 2.76. The summed E-state index contributed by atoms with van der Waals surface area (Å²) in [4.78, 5) is 29.8. The first-order chi connectivity index (χ1) is 14.6. The fourth-order valence-corrected chi connectivity index (χ4v) is 4.08. The lowest BCUT2D eigenvalue weighted by Gasteiger charge is -2.26. The number of carbonyl (C=O) groups excluding carboxylic acids is 2. The number of likely N-dealkylation sites (N-methyl/N-ethyl adjacent to an activating group) is 1. The number of rotatable bonds is 4. The summed E-state index contributed by atoms with van der Waals surface area (Å²) < 4.78 is 0. The summed E-state index contributed by atoms with van der Waals surface area (Å²) in [6, 6.07) is 17.9. The number of para-hydroxylation sites is 1. The van der Waals surface area contributed by atoms with Crippen molar-refractivity contribution in [2.24, 2.45) is 5.92 Å². The van der Waals surface area contributed by atoms with Crippen LogP contribution in [0, 0.1) is 5.92 Å². The van der Waals surface area contributed by atoms with Gasteiger partial charge in [-0.2, -0.15) is 0 Å². The highest BCUT2D eigenvalue weighted by atomic mass is 16.2. The number of amides is 2. The first kappa shape index (κ1) is 19.8. The van der Waals surface area contributed by atoms with E-state index in [2.05, 4.69) is 35.8 Å². The van der Waals surface area contributed by atoms with E-state index in [-0.39, 0.29) is 18.4 Å². The van der Waals surface area contributed by atoms with Gasteiger partial charge in [0, 0.05) is 12.4 Å². The van der Waals surface area contributed by atoms with E-state index in [0.29, 0.717) is 11.5 Å². The summed E-state index contributed by atoms with van der Waals surface area (Å²) in [6.07, 6.45) is 3.86. The van der Waals surface area contributed by atoms with Crippen LogP contribution in [0.5, 0.6) is 0 Å². The van der Waals surface area contributed by atoms with E-state index < -0.39 is 0 Å². The average molecular weight is 399 g/mol. The van der Waals surface area contributed by atoms with Crippen LogP contribution in [0.25, 0.3) is 22.6 Å². The summed E-state index contributed by atoms with van der Waals surface area (Å²) in [7, 11) is 1.56. The molecule has 3 aromatic rings. The minimum Gasteiger partial charge on any atom is -0.358 e. The maximum Gasteiger partial charge on any atom is 0.252 e. The van der Waals surface area contributed by atoms with Crippen LogP contribution in [0.15, 0.2) is 54.6 Å². The lowest BCUT2D eigenvalue weighted by atomic mass is 9.80. The van der Waals surface area contributed by atoms with Crippen LogP contribution in [0.2, 0.25) is 0 Å². The van der Waals surface area contributed by atoms with Crippen molar-refractivity contribution in [3.63, 3.8) is 0 Å². The van der Waals surface area contributed by atoms with Crippen molar-refractivity contribution < 1.29 is 9.59 Å². The number of fused-ring (bicyclic) bond motifs is 2. The molecule has 1 aliphatic carbocycles. The van der Waals surface area contributed by atoms with Gasteiger partial charge in [0.25, 0.3) is 5.91 Å². The van der Waals surface area contributed by atoms with E-state index in [1.54, 1.807) is 7.05 Å². The quantitative estimate of drug-likeness (QED) is 0.700. The molecule has 0 aliphatic heterocycles. The van der Waals surface area contributed by atoms with Crippen LogP contribution in [0.3, 0.4) is 0 Å². The summed E-state index contributed by atoms with van der Waals surface area (Å²) in [5.41, 5.74) is 5.53. The smallest absolute Gasteiger partial charge is 0.252 e. The van der Waals surface area contributed by atoms with Crippen molar-refractivity contribution in [2.45, 2.75) is 19.8 Å². The zero-order valence-corrected chi connectivity index (χ0v) is 17.2. The summed E-state index contributed by atoms with van der Waals surface area (Å²) >= 11 is 0. The van der Waals surface area contributed by atoms with Gasteiger partial charge in [-0.05, 0) is 47.6 Å². The summed E-state index contributed by atoms with van der Waals surface area (Å²) in [6.45, 7) is 2.15. The topological polar surface area (TPSA) is 71.1 Å². The molecule has 1 unspecified atom stereocenters. The maximum atomic E-state index is 13.2. The molecule has 0 saturated heterocycles. The number of allylic oxidation sites excluding steroid dienone is 1. The first-order valence-electron chi connectivity index (χ1n) is 10.2. The molecule has 4 rings (SSSR count). The molecule has 30 heavy (non-hydrogen) atoms. The molecule has 5 nitrogen and oxygen atoms in total. The number of carbonyl (C=O) groups is 2. The molecule has 0 saturated carbocycles. The third-order valence-corrected chi connectivity index (χ3v) is 5.47. The predicted molar refractivity (Wildman–Crippen MR) is 120 cm³/mol. The Bertz CT molecular complexity index is 1140. The van der Waals surface area contributed by atoms with Gasteiger partial charge in [-0.3, -0.25) is 9.59 Å². The molecule has 2 N–H and O–H groups in total. The van der Waals surface area contributed by atoms with Crippen LogP contribution in [0.4, 0.5) is 0 Å². The third-order valence-electron chi connectivity index (χ3n) is 5.47. The Kier molecular flexibility index (Phi) is 5.61. The molecule has 2 amide bonds. The summed E-state index contributed by atoms with van der Waals surface area (Å²) in [5, 5.41) is 6.13. The Morgan fingerprint density at radius 3 is 2.57 bits per heavy atom. The number of nitrogens with zero attached hydrogens (tertiary/aromatic N) is 1. The highest BCUT2D eigenvalue weighted by Crippen LogP contribution is 2.38. The van der Waals surface area contributed by atoms with E-state index in [0.717, 1.165) is 46.1 Å². The second kappa shape index (κ2) is 8.49. The van der Waals surface area contributed by atoms with Gasteiger partial charge in [0.15, 0.2) is 0 Å². The maximum absolute atomic E-state index is 13.2. The van der Waals surface area contributed by atoms with E-state index in [4.69, 9.17) is 4.98 Å². The Morgan fingerprint density at radius 2 is 1.80 bits per heavy atom. The predicted octanol–water partition coefficient (Wildman–Crippen LogP) is 3.83. The van der Waals surface area contributed by atoms with Gasteiger partial charge in [-0.1, -0.05) is 55.5 Å². The van der Waals surface area contributed by atoms with Crippen LogP contribution in [0.1, 0.15) is 40.5 Å². The van der Waals surface area contributed by atoms with E-state index in [1.165, 1.54) is 0 Å². The molecule has 2 aromatic carbocycles. The van der Waals surface area contributed by atoms with Crippen molar-refractivity contribution in [2.75, 3.05) is 13.6 Å². The van der Waals surface area contributed by atoms with Gasteiger partial charge in [-0.25, -0.2) is 4.98 Å². The van der Waals surface area contributed by atoms with Crippen molar-refractivity contribution in [3.05, 3.63) is 77.0 Å². The zero-order valence-electron chi connectivity index (χ0n) is 17.2. The normalized spacial score (nSPS) is 16.9. The largest absolute Gasteiger partial charge is 0.358 e. The highest BCUT2D eigenvalue weighted by Gasteiger charge is 2.28. The van der Waals surface area contributed by atoms with Crippen LogP contribution in [-0.4, -0.2) is 30.4 Å². The molecule has 5 heteroatoms. The Morgan fingerprint density at radius 1 is 1.07 bits per heavy atom. The molecular formula is C25H25N3O2. The fraction of sp³-hybridized carbons (Fsp3) is 0.240. The number of pyridine rings is 1. The fourth-order valence-electron chi connectivity index (χ4n) is 4.08. The van der Waals surface area contributed by atoms with Gasteiger partial charge >= 0.3 is 0 Å². The van der Waals surface area contributed by atoms with E-state index in [9.17, 15) is 9.59 Å². The molecule has 0 spiro atoms. The van der Waals surface area contributed by atoms with Gasteiger partial charge in [-0.15, -0.1) is 0 Å². The van der Waals surface area contributed by atoms with Crippen molar-refractivity contribution in [1.29, 1.82) is 0 Å². The van der Waals surface area contributed by atoms with Gasteiger partial charge in [0.05, 0.1) is 23.3 Å². The Hall–Kier alpha value is -3.47. The Labute approximate surface area is 176 Å². The second-order valence-corrected chi connectivity index (χ2v) is 7.78. The van der Waals surface area contributed by atoms with Gasteiger partial charge in [0.2, 0.25) is 5.91 Å². The molecule has 0 fully saturated rings. The molecule has 1 aliphatic rings. The van der Waals surface area contributed by atoms with Gasteiger partial charge < -0.3 is 10.6 Å². The molecule has 1 heterocycles. The lowest BCUT2D eigenvalue weighted by molar-refractivity contribution is -0.119. The van der Waals surface area contributed by atoms with Gasteiger partial charge in [0.1, 0.15) is 0 Å². The van der Waals surface area contributed by atoms with Crippen LogP contribution in [-0.2, 0) is 11.2 Å². The third kappa shape index (κ3) is 3.96. The van der Waals surface area contributed by atoms with Crippen LogP contribution >= 0.6 is 0 Å². The zero-order chi connectivity index (χ0) is 21.1. The van der Waals surface area contributed by atoms with Crippen molar-refractivity contribution >= 4 is 34.4 Å². The van der Waals surface area contributed by atoms with E-state index in [1.807, 2.05) is 42.5 Å².